The number of terminal acetylenes is 1. The largest absolute Gasteiger partial charge is 0.195 e. The molecule has 0 atom stereocenters. The van der Waals surface area contributed by atoms with Gasteiger partial charge in [0, 0.05) is 6.04 Å². The highest BCUT2D eigenvalue weighted by Gasteiger charge is 1.87. The predicted octanol–water partition coefficient (Wildman–Crippen LogP) is 0.630. The topological polar surface area (TPSA) is 17.8 Å². The van der Waals surface area contributed by atoms with Crippen LogP contribution in [-0.4, -0.2) is 9.78 Å². The number of rotatable bonds is 0. The average Bonchev–Trinajstić information content (AvgIpc) is 2.14. The van der Waals surface area contributed by atoms with Crippen molar-refractivity contribution in [2.75, 3.05) is 0 Å². The summed E-state index contributed by atoms with van der Waals surface area (Å²) in [6.07, 6.45) is 6.72. The maximum absolute atomic E-state index is 5.05. The summed E-state index contributed by atoms with van der Waals surface area (Å²) in [6.45, 7) is 1.91. The summed E-state index contributed by atoms with van der Waals surface area (Å²) in [7, 11) is 0. The second-order valence-electron chi connectivity index (χ2n) is 1.51. The second kappa shape index (κ2) is 1.71. The Balaban J connectivity index is 3.15. The zero-order chi connectivity index (χ0) is 5.98. The van der Waals surface area contributed by atoms with Crippen LogP contribution in [0.4, 0.5) is 0 Å². The van der Waals surface area contributed by atoms with Gasteiger partial charge in [0.15, 0.2) is 0 Å². The SMILES string of the molecule is C#Cn1nccc1C. The summed E-state index contributed by atoms with van der Waals surface area (Å²) in [6, 6.07) is 4.24. The van der Waals surface area contributed by atoms with Crippen molar-refractivity contribution in [3.63, 3.8) is 0 Å². The van der Waals surface area contributed by atoms with Gasteiger partial charge in [-0.2, -0.15) is 9.78 Å². The van der Waals surface area contributed by atoms with Gasteiger partial charge < -0.3 is 0 Å². The minimum atomic E-state index is 0.993. The molecule has 0 aromatic carbocycles. The molecule has 1 heterocycles. The normalized spacial score (nSPS) is 8.50. The molecule has 0 radical (unpaired) electrons. The van der Waals surface area contributed by atoms with E-state index in [4.69, 9.17) is 6.42 Å². The number of aromatic nitrogens is 2. The maximum Gasteiger partial charge on any atom is 0.0504 e. The van der Waals surface area contributed by atoms with E-state index in [1.54, 1.807) is 6.20 Å². The third kappa shape index (κ3) is 0.584. The Morgan fingerprint density at radius 1 is 1.88 bits per heavy atom. The second-order valence-corrected chi connectivity index (χ2v) is 1.51. The Morgan fingerprint density at radius 3 is 2.88 bits per heavy atom. The van der Waals surface area contributed by atoms with E-state index in [-0.39, 0.29) is 0 Å². The van der Waals surface area contributed by atoms with Crippen LogP contribution in [-0.2, 0) is 0 Å². The number of hydrogen-bond acceptors (Lipinski definition) is 1. The maximum atomic E-state index is 5.05. The molecule has 1 rings (SSSR count). The van der Waals surface area contributed by atoms with Gasteiger partial charge in [-0.3, -0.25) is 0 Å². The molecule has 0 amide bonds. The van der Waals surface area contributed by atoms with Crippen molar-refractivity contribution in [2.24, 2.45) is 0 Å². The van der Waals surface area contributed by atoms with Crippen LogP contribution < -0.4 is 0 Å². The van der Waals surface area contributed by atoms with Crippen molar-refractivity contribution >= 4 is 0 Å². The van der Waals surface area contributed by atoms with Gasteiger partial charge in [0.25, 0.3) is 0 Å². The molecule has 1 aromatic heterocycles. The molecular formula is C6H6N2. The van der Waals surface area contributed by atoms with Gasteiger partial charge >= 0.3 is 0 Å². The van der Waals surface area contributed by atoms with E-state index in [1.165, 1.54) is 4.68 Å². The van der Waals surface area contributed by atoms with Gasteiger partial charge in [0.05, 0.1) is 11.9 Å². The highest BCUT2D eigenvalue weighted by molar-refractivity contribution is 5.04. The first-order valence-corrected chi connectivity index (χ1v) is 2.32. The fraction of sp³-hybridized carbons (Fsp3) is 0.167. The van der Waals surface area contributed by atoms with Crippen molar-refractivity contribution < 1.29 is 0 Å². The zero-order valence-corrected chi connectivity index (χ0v) is 4.63. The Labute approximate surface area is 48.1 Å². The van der Waals surface area contributed by atoms with Gasteiger partial charge in [-0.1, -0.05) is 6.42 Å². The van der Waals surface area contributed by atoms with Crippen LogP contribution in [0.5, 0.6) is 0 Å². The quantitative estimate of drug-likeness (QED) is 0.443. The molecule has 40 valence electrons. The minimum Gasteiger partial charge on any atom is -0.195 e. The lowest BCUT2D eigenvalue weighted by molar-refractivity contribution is 0.881. The highest BCUT2D eigenvalue weighted by atomic mass is 15.3. The van der Waals surface area contributed by atoms with Crippen LogP contribution in [0.2, 0.25) is 0 Å². The van der Waals surface area contributed by atoms with Crippen molar-refractivity contribution in [1.82, 2.24) is 9.78 Å². The van der Waals surface area contributed by atoms with Crippen LogP contribution in [0.25, 0.3) is 0 Å². The van der Waals surface area contributed by atoms with Crippen molar-refractivity contribution in [3.8, 4) is 12.5 Å². The molecule has 0 N–H and O–H groups in total. The van der Waals surface area contributed by atoms with E-state index in [0.29, 0.717) is 0 Å². The van der Waals surface area contributed by atoms with Crippen LogP contribution >= 0.6 is 0 Å². The Hall–Kier alpha value is -1.23. The summed E-state index contributed by atoms with van der Waals surface area (Å²) in [4.78, 5) is 0. The van der Waals surface area contributed by atoms with Crippen molar-refractivity contribution in [1.29, 1.82) is 0 Å². The van der Waals surface area contributed by atoms with E-state index in [2.05, 4.69) is 11.1 Å². The van der Waals surface area contributed by atoms with Crippen LogP contribution in [0.1, 0.15) is 5.69 Å². The third-order valence-electron chi connectivity index (χ3n) is 0.954. The summed E-state index contributed by atoms with van der Waals surface area (Å²) in [5.41, 5.74) is 0.993. The molecule has 0 saturated heterocycles. The lowest BCUT2D eigenvalue weighted by Gasteiger charge is -1.85. The smallest absolute Gasteiger partial charge is 0.0504 e. The van der Waals surface area contributed by atoms with Gasteiger partial charge in [-0.15, -0.1) is 0 Å². The molecule has 8 heavy (non-hydrogen) atoms. The van der Waals surface area contributed by atoms with Crippen LogP contribution in [0.15, 0.2) is 12.3 Å². The molecular weight excluding hydrogens is 100 g/mol. The standard InChI is InChI=1S/C6H6N2/c1-3-8-6(2)4-5-7-8/h1,4-5H,2H3. The predicted molar refractivity (Wildman–Crippen MR) is 31.2 cm³/mol. The molecule has 0 saturated carbocycles. The fourth-order valence-electron chi connectivity index (χ4n) is 0.505. The molecule has 0 unspecified atom stereocenters. The molecule has 0 bridgehead atoms. The van der Waals surface area contributed by atoms with Gasteiger partial charge in [0.1, 0.15) is 0 Å². The summed E-state index contributed by atoms with van der Waals surface area (Å²) < 4.78 is 1.49. The minimum absolute atomic E-state index is 0.993. The molecule has 0 aliphatic rings. The van der Waals surface area contributed by atoms with E-state index in [9.17, 15) is 0 Å². The first-order chi connectivity index (χ1) is 3.84. The molecule has 2 nitrogen and oxygen atoms in total. The highest BCUT2D eigenvalue weighted by Crippen LogP contribution is 1.90. The number of aryl methyl sites for hydroxylation is 1. The fourth-order valence-corrected chi connectivity index (χ4v) is 0.505. The van der Waals surface area contributed by atoms with Gasteiger partial charge in [-0.05, 0) is 13.0 Å². The zero-order valence-electron chi connectivity index (χ0n) is 4.63. The average molecular weight is 106 g/mol. The monoisotopic (exact) mass is 106 g/mol. The number of nitrogens with zero attached hydrogens (tertiary/aromatic N) is 2. The lowest BCUT2D eigenvalue weighted by Crippen LogP contribution is -1.90. The Kier molecular flexibility index (Phi) is 1.05. The molecule has 2 heteroatoms. The van der Waals surface area contributed by atoms with E-state index in [0.717, 1.165) is 5.69 Å². The summed E-state index contributed by atoms with van der Waals surface area (Å²) >= 11 is 0. The summed E-state index contributed by atoms with van der Waals surface area (Å²) in [5.74, 6) is 0. The lowest BCUT2D eigenvalue weighted by atomic mass is 10.5. The van der Waals surface area contributed by atoms with Crippen LogP contribution in [0.3, 0.4) is 0 Å². The van der Waals surface area contributed by atoms with Gasteiger partial charge in [0.2, 0.25) is 0 Å². The molecule has 0 fully saturated rings. The molecule has 0 spiro atoms. The summed E-state index contributed by atoms with van der Waals surface area (Å²) in [5, 5.41) is 3.81. The van der Waals surface area contributed by atoms with Gasteiger partial charge in [-0.25, -0.2) is 0 Å². The van der Waals surface area contributed by atoms with Crippen molar-refractivity contribution in [3.05, 3.63) is 18.0 Å². The first kappa shape index (κ1) is 4.92. The first-order valence-electron chi connectivity index (χ1n) is 2.32. The third-order valence-corrected chi connectivity index (χ3v) is 0.954. The Bertz CT molecular complexity index is 217. The Morgan fingerprint density at radius 2 is 2.62 bits per heavy atom. The van der Waals surface area contributed by atoms with Crippen molar-refractivity contribution in [2.45, 2.75) is 6.92 Å². The molecule has 1 aromatic rings. The van der Waals surface area contributed by atoms with E-state index in [1.807, 2.05) is 13.0 Å². The van der Waals surface area contributed by atoms with Crippen LogP contribution in [0, 0.1) is 19.4 Å². The van der Waals surface area contributed by atoms with E-state index >= 15 is 0 Å². The number of hydrogen-bond donors (Lipinski definition) is 0. The molecule has 0 aliphatic heterocycles. The van der Waals surface area contributed by atoms with E-state index < -0.39 is 0 Å². The molecule has 0 aliphatic carbocycles.